The molecule has 4 rings (SSSR count). The van der Waals surface area contributed by atoms with Crippen LogP contribution in [0, 0.1) is 0 Å². The smallest absolute Gasteiger partial charge is 0.435 e. The van der Waals surface area contributed by atoms with Crippen molar-refractivity contribution in [2.24, 2.45) is 0 Å². The van der Waals surface area contributed by atoms with Gasteiger partial charge in [-0.2, -0.15) is 23.3 Å². The van der Waals surface area contributed by atoms with Crippen LogP contribution >= 0.6 is 11.6 Å². The minimum Gasteiger partial charge on any atom is -0.545 e. The Bertz CT molecular complexity index is 1240. The van der Waals surface area contributed by atoms with Crippen molar-refractivity contribution in [2.45, 2.75) is 12.8 Å². The number of rotatable bonds is 5. The normalized spacial score (nSPS) is 14.5. The van der Waals surface area contributed by atoms with Crippen molar-refractivity contribution < 1.29 is 23.1 Å². The molecule has 2 aromatic heterocycles. The van der Waals surface area contributed by atoms with Crippen molar-refractivity contribution in [3.8, 4) is 0 Å². The molecule has 0 bridgehead atoms. The lowest BCUT2D eigenvalue weighted by Gasteiger charge is -2.36. The van der Waals surface area contributed by atoms with E-state index in [0.29, 0.717) is 31.9 Å². The number of anilines is 2. The van der Waals surface area contributed by atoms with Gasteiger partial charge in [0.15, 0.2) is 5.69 Å². The van der Waals surface area contributed by atoms with Gasteiger partial charge in [0.1, 0.15) is 13.0 Å². The molecule has 1 saturated heterocycles. The van der Waals surface area contributed by atoms with Crippen molar-refractivity contribution in [3.63, 3.8) is 0 Å². The molecule has 0 saturated carbocycles. The van der Waals surface area contributed by atoms with Crippen LogP contribution in [0.25, 0.3) is 0 Å². The largest absolute Gasteiger partial charge is 0.545 e. The predicted octanol–water partition coefficient (Wildman–Crippen LogP) is 0.703. The van der Waals surface area contributed by atoms with Gasteiger partial charge in [-0.25, -0.2) is 9.78 Å². The first-order valence-corrected chi connectivity index (χ1v) is 10.0. The van der Waals surface area contributed by atoms with Crippen LogP contribution in [0.15, 0.2) is 41.6 Å². The molecule has 0 amide bonds. The van der Waals surface area contributed by atoms with Crippen LogP contribution in [-0.4, -0.2) is 56.5 Å². The molecule has 0 radical (unpaired) electrons. The number of carbonyl (C=O) groups is 1. The second-order valence-electron chi connectivity index (χ2n) is 7.21. The van der Waals surface area contributed by atoms with E-state index in [9.17, 15) is 27.9 Å². The number of carboxylic acids is 1. The minimum absolute atomic E-state index is 0.0936. The quantitative estimate of drug-likeness (QED) is 0.522. The van der Waals surface area contributed by atoms with Gasteiger partial charge in [-0.15, -0.1) is 0 Å². The fourth-order valence-electron chi connectivity index (χ4n) is 3.38. The van der Waals surface area contributed by atoms with E-state index in [0.717, 1.165) is 21.5 Å². The van der Waals surface area contributed by atoms with Gasteiger partial charge < -0.3 is 19.7 Å². The Balaban J connectivity index is 1.41. The summed E-state index contributed by atoms with van der Waals surface area (Å²) in [7, 11) is 0. The number of halogens is 4. The number of nitrogens with zero attached hydrogens (tertiary/aromatic N) is 7. The lowest BCUT2D eigenvalue weighted by atomic mass is 10.1. The van der Waals surface area contributed by atoms with Gasteiger partial charge in [0.05, 0.1) is 5.97 Å². The highest BCUT2D eigenvalue weighted by Gasteiger charge is 2.33. The number of hydrogen-bond acceptors (Lipinski definition) is 8. The Hall–Kier alpha value is -3.61. The van der Waals surface area contributed by atoms with Crippen molar-refractivity contribution in [1.82, 2.24) is 24.3 Å². The molecule has 1 aromatic carbocycles. The molecule has 10 nitrogen and oxygen atoms in total. The Morgan fingerprint density at radius 1 is 1.12 bits per heavy atom. The van der Waals surface area contributed by atoms with Crippen LogP contribution in [0.5, 0.6) is 0 Å². The zero-order chi connectivity index (χ0) is 23.8. The van der Waals surface area contributed by atoms with Crippen molar-refractivity contribution in [3.05, 3.63) is 63.6 Å². The molecular formula is C19H16ClF3N7O3-. The molecule has 3 aromatic rings. The molecule has 0 N–H and O–H groups in total. The molecule has 1 fully saturated rings. The van der Waals surface area contributed by atoms with Crippen LogP contribution in [-0.2, 0) is 12.8 Å². The first kappa shape index (κ1) is 22.6. The Morgan fingerprint density at radius 3 is 2.42 bits per heavy atom. The summed E-state index contributed by atoms with van der Waals surface area (Å²) >= 11 is 5.88. The summed E-state index contributed by atoms with van der Waals surface area (Å²) in [5.41, 5.74) is -1.16. The summed E-state index contributed by atoms with van der Waals surface area (Å²) < 4.78 is 40.0. The molecule has 1 aliphatic heterocycles. The first-order valence-electron chi connectivity index (χ1n) is 9.67. The topological polar surface area (TPSA) is 112 Å². The highest BCUT2D eigenvalue weighted by Crippen LogP contribution is 2.27. The highest BCUT2D eigenvalue weighted by molar-refractivity contribution is 6.33. The van der Waals surface area contributed by atoms with E-state index in [1.54, 1.807) is 11.0 Å². The standard InChI is InChI=1S/C19H17ClF3N7O3/c20-14-2-1-12(9-13(14)16(31)32)27-5-7-28(8-6-27)17-24-10-29(18(33)25-17)11-30-4-3-15(26-30)19(21,22)23/h1-4,9-10H,5-8,11H2,(H,31,32)/p-1. The molecular weight excluding hydrogens is 467 g/mol. The molecule has 0 spiro atoms. The summed E-state index contributed by atoms with van der Waals surface area (Å²) in [5, 5.41) is 14.7. The molecule has 14 heteroatoms. The average Bonchev–Trinajstić information content (AvgIpc) is 3.25. The Labute approximate surface area is 189 Å². The van der Waals surface area contributed by atoms with E-state index in [1.165, 1.54) is 18.5 Å². The van der Waals surface area contributed by atoms with Crippen LogP contribution in [0.4, 0.5) is 24.8 Å². The summed E-state index contributed by atoms with van der Waals surface area (Å²) in [5.74, 6) is -1.17. The Kier molecular flexibility index (Phi) is 5.97. The Morgan fingerprint density at radius 2 is 1.82 bits per heavy atom. The second kappa shape index (κ2) is 8.73. The van der Waals surface area contributed by atoms with Gasteiger partial charge in [-0.3, -0.25) is 9.25 Å². The third kappa shape index (κ3) is 4.92. The molecule has 1 aliphatic rings. The van der Waals surface area contributed by atoms with Gasteiger partial charge in [0, 0.05) is 48.6 Å². The van der Waals surface area contributed by atoms with E-state index >= 15 is 0 Å². The van der Waals surface area contributed by atoms with Gasteiger partial charge in [-0.1, -0.05) is 11.6 Å². The highest BCUT2D eigenvalue weighted by atomic mass is 35.5. The van der Waals surface area contributed by atoms with Crippen molar-refractivity contribution >= 4 is 29.2 Å². The second-order valence-corrected chi connectivity index (χ2v) is 7.62. The zero-order valence-electron chi connectivity index (χ0n) is 16.9. The van der Waals surface area contributed by atoms with Crippen LogP contribution in [0.2, 0.25) is 5.02 Å². The zero-order valence-corrected chi connectivity index (χ0v) is 17.6. The SMILES string of the molecule is O=C([O-])c1cc(N2CCN(c3ncn(Cn4ccc(C(F)(F)F)n4)c(=O)n3)CC2)ccc1Cl. The molecule has 0 atom stereocenters. The minimum atomic E-state index is -4.57. The lowest BCUT2D eigenvalue weighted by molar-refractivity contribution is -0.255. The third-order valence-corrected chi connectivity index (χ3v) is 5.41. The molecule has 0 aliphatic carbocycles. The summed E-state index contributed by atoms with van der Waals surface area (Å²) in [4.78, 5) is 35.4. The molecule has 0 unspecified atom stereocenters. The van der Waals surface area contributed by atoms with Crippen LogP contribution < -0.4 is 20.6 Å². The fraction of sp³-hybridized carbons (Fsp3) is 0.316. The monoisotopic (exact) mass is 482 g/mol. The van der Waals surface area contributed by atoms with Crippen LogP contribution in [0.3, 0.4) is 0 Å². The van der Waals surface area contributed by atoms with E-state index in [-0.39, 0.29) is 23.2 Å². The number of aromatic nitrogens is 5. The van der Waals surface area contributed by atoms with E-state index in [4.69, 9.17) is 11.6 Å². The summed E-state index contributed by atoms with van der Waals surface area (Å²) in [6.07, 6.45) is -2.25. The molecule has 174 valence electrons. The number of piperazine rings is 1. The number of aromatic carboxylic acids is 1. The maximum Gasteiger partial charge on any atom is 0.435 e. The third-order valence-electron chi connectivity index (χ3n) is 5.08. The summed E-state index contributed by atoms with van der Waals surface area (Å²) in [6, 6.07) is 5.47. The van der Waals surface area contributed by atoms with Gasteiger partial charge in [0.25, 0.3) is 0 Å². The molecule has 3 heterocycles. The van der Waals surface area contributed by atoms with Gasteiger partial charge in [0.2, 0.25) is 5.95 Å². The number of hydrogen-bond donors (Lipinski definition) is 0. The van der Waals surface area contributed by atoms with E-state index in [1.807, 2.05) is 4.90 Å². The van der Waals surface area contributed by atoms with Gasteiger partial charge in [-0.05, 0) is 24.3 Å². The predicted molar refractivity (Wildman–Crippen MR) is 109 cm³/mol. The van der Waals surface area contributed by atoms with Crippen molar-refractivity contribution in [1.29, 1.82) is 0 Å². The van der Waals surface area contributed by atoms with Crippen molar-refractivity contribution in [2.75, 3.05) is 36.0 Å². The number of alkyl halides is 3. The fourth-order valence-corrected chi connectivity index (χ4v) is 3.57. The number of carbonyl (C=O) groups excluding carboxylic acids is 1. The molecule has 33 heavy (non-hydrogen) atoms. The van der Waals surface area contributed by atoms with Gasteiger partial charge >= 0.3 is 11.9 Å². The number of benzene rings is 1. The van der Waals surface area contributed by atoms with E-state index < -0.39 is 23.5 Å². The number of carboxylic acid groups (broad SMARTS) is 1. The first-order chi connectivity index (χ1) is 15.6. The maximum atomic E-state index is 12.7. The maximum absolute atomic E-state index is 12.7. The lowest BCUT2D eigenvalue weighted by Crippen LogP contribution is -2.48. The summed E-state index contributed by atoms with van der Waals surface area (Å²) in [6.45, 7) is 1.67. The van der Waals surface area contributed by atoms with E-state index in [2.05, 4.69) is 15.1 Å². The average molecular weight is 483 g/mol. The van der Waals surface area contributed by atoms with Crippen LogP contribution in [0.1, 0.15) is 16.1 Å².